The van der Waals surface area contributed by atoms with E-state index < -0.39 is 0 Å². The van der Waals surface area contributed by atoms with E-state index in [0.717, 1.165) is 37.9 Å². The molecule has 0 saturated heterocycles. The second-order valence-corrected chi connectivity index (χ2v) is 6.96. The normalized spacial score (nSPS) is 12.6. The first kappa shape index (κ1) is 17.8. The summed E-state index contributed by atoms with van der Waals surface area (Å²) in [4.78, 5) is 0. The van der Waals surface area contributed by atoms with E-state index in [1.165, 1.54) is 6.21 Å². The van der Waals surface area contributed by atoms with Crippen molar-refractivity contribution in [3.8, 4) is 0 Å². The molecule has 0 fully saturated rings. The van der Waals surface area contributed by atoms with Gasteiger partial charge in [-0.1, -0.05) is 32.4 Å². The van der Waals surface area contributed by atoms with Crippen LogP contribution in [0.25, 0.3) is 0 Å². The Hall–Kier alpha value is -1.23. The van der Waals surface area contributed by atoms with Crippen molar-refractivity contribution in [1.82, 2.24) is 15.0 Å². The fraction of sp³-hybridized carbons (Fsp3) is 0.812. The van der Waals surface area contributed by atoms with Crippen LogP contribution in [0, 0.1) is 10.8 Å². The quantitative estimate of drug-likeness (QED) is 0.672. The second-order valence-electron chi connectivity index (χ2n) is 6.96. The van der Waals surface area contributed by atoms with Gasteiger partial charge in [0, 0.05) is 31.0 Å². The zero-order chi connectivity index (χ0) is 15.9. The van der Waals surface area contributed by atoms with Crippen molar-refractivity contribution in [2.24, 2.45) is 5.41 Å². The molecule has 0 unspecified atom stereocenters. The van der Waals surface area contributed by atoms with Gasteiger partial charge >= 0.3 is 0 Å². The van der Waals surface area contributed by atoms with Crippen molar-refractivity contribution in [1.29, 1.82) is 5.41 Å². The van der Waals surface area contributed by atoms with E-state index in [9.17, 15) is 0 Å². The Labute approximate surface area is 128 Å². The van der Waals surface area contributed by atoms with Gasteiger partial charge in [0.25, 0.3) is 0 Å². The van der Waals surface area contributed by atoms with Crippen molar-refractivity contribution >= 4 is 6.21 Å². The molecule has 1 rings (SSSR count). The molecule has 0 amide bonds. The van der Waals surface area contributed by atoms with Gasteiger partial charge in [-0.2, -0.15) is 0 Å². The van der Waals surface area contributed by atoms with Crippen LogP contribution >= 0.6 is 0 Å². The van der Waals surface area contributed by atoms with Gasteiger partial charge in [-0.25, -0.2) is 0 Å². The summed E-state index contributed by atoms with van der Waals surface area (Å²) >= 11 is 0. The predicted molar refractivity (Wildman–Crippen MR) is 85.8 cm³/mol. The van der Waals surface area contributed by atoms with E-state index in [1.54, 1.807) is 0 Å². The minimum atomic E-state index is -0.186. The predicted octanol–water partition coefficient (Wildman–Crippen LogP) is 3.48. The van der Waals surface area contributed by atoms with Crippen molar-refractivity contribution in [3.63, 3.8) is 0 Å². The van der Waals surface area contributed by atoms with Gasteiger partial charge in [0.1, 0.15) is 0 Å². The molecular weight excluding hydrogens is 264 g/mol. The first-order valence-electron chi connectivity index (χ1n) is 7.82. The topological polar surface area (TPSA) is 63.8 Å². The van der Waals surface area contributed by atoms with E-state index in [0.29, 0.717) is 6.61 Å². The molecule has 0 radical (unpaired) electrons. The maximum Gasteiger partial charge on any atom is 0.0827 e. The number of rotatable bonds is 10. The number of nitrogens with one attached hydrogen (secondary N) is 1. The first-order valence-corrected chi connectivity index (χ1v) is 7.82. The maximum absolute atomic E-state index is 7.37. The van der Waals surface area contributed by atoms with Gasteiger partial charge in [0.05, 0.1) is 11.3 Å². The van der Waals surface area contributed by atoms with Gasteiger partial charge in [-0.15, -0.1) is 5.10 Å². The van der Waals surface area contributed by atoms with E-state index in [-0.39, 0.29) is 11.0 Å². The SMILES string of the molecule is CCCc1cn(CCC(C)(C)OCCC(C)(C)C=N)nn1. The highest BCUT2D eigenvalue weighted by molar-refractivity contribution is 5.60. The summed E-state index contributed by atoms with van der Waals surface area (Å²) in [5.74, 6) is 0. The van der Waals surface area contributed by atoms with Gasteiger partial charge in [0.15, 0.2) is 0 Å². The maximum atomic E-state index is 7.37. The number of aryl methyl sites for hydroxylation is 2. The monoisotopic (exact) mass is 294 g/mol. The lowest BCUT2D eigenvalue weighted by atomic mass is 9.91. The Morgan fingerprint density at radius 2 is 2.00 bits per heavy atom. The number of hydrogen-bond donors (Lipinski definition) is 1. The zero-order valence-corrected chi connectivity index (χ0v) is 14.1. The lowest BCUT2D eigenvalue weighted by Crippen LogP contribution is -2.28. The van der Waals surface area contributed by atoms with Crippen LogP contribution in [0.5, 0.6) is 0 Å². The molecular formula is C16H30N4O. The molecule has 1 aromatic rings. The number of ether oxygens (including phenoxy) is 1. The molecule has 0 aliphatic heterocycles. The Kier molecular flexibility index (Phi) is 6.52. The molecule has 1 heterocycles. The highest BCUT2D eigenvalue weighted by atomic mass is 16.5. The third-order valence-electron chi connectivity index (χ3n) is 3.67. The average Bonchev–Trinajstić information content (AvgIpc) is 2.84. The molecule has 0 aliphatic rings. The van der Waals surface area contributed by atoms with Gasteiger partial charge in [-0.3, -0.25) is 4.68 Å². The van der Waals surface area contributed by atoms with Crippen molar-refractivity contribution < 1.29 is 4.74 Å². The molecule has 120 valence electrons. The highest BCUT2D eigenvalue weighted by Gasteiger charge is 2.21. The van der Waals surface area contributed by atoms with E-state index >= 15 is 0 Å². The molecule has 21 heavy (non-hydrogen) atoms. The molecule has 0 atom stereocenters. The third-order valence-corrected chi connectivity index (χ3v) is 3.67. The summed E-state index contributed by atoms with van der Waals surface area (Å²) in [7, 11) is 0. The second kappa shape index (κ2) is 7.69. The standard InChI is InChI=1S/C16H30N4O/c1-6-7-14-12-20(19-18-14)10-8-16(4,5)21-11-9-15(2,3)13-17/h12-13,17H,6-11H2,1-5H3. The highest BCUT2D eigenvalue weighted by Crippen LogP contribution is 2.21. The lowest BCUT2D eigenvalue weighted by Gasteiger charge is -2.27. The first-order chi connectivity index (χ1) is 9.78. The largest absolute Gasteiger partial charge is 0.375 e. The van der Waals surface area contributed by atoms with Crippen molar-refractivity contribution in [2.75, 3.05) is 6.61 Å². The minimum absolute atomic E-state index is 0.0863. The van der Waals surface area contributed by atoms with Crippen LogP contribution in [-0.2, 0) is 17.7 Å². The van der Waals surface area contributed by atoms with Crippen molar-refractivity contribution in [3.05, 3.63) is 11.9 Å². The van der Waals surface area contributed by atoms with Gasteiger partial charge in [0.2, 0.25) is 0 Å². The van der Waals surface area contributed by atoms with Crippen molar-refractivity contribution in [2.45, 2.75) is 72.4 Å². The van der Waals surface area contributed by atoms with Crippen LogP contribution in [-0.4, -0.2) is 33.4 Å². The summed E-state index contributed by atoms with van der Waals surface area (Å²) < 4.78 is 7.88. The van der Waals surface area contributed by atoms with Crippen LogP contribution in [0.2, 0.25) is 0 Å². The molecule has 0 aromatic carbocycles. The Bertz CT molecular complexity index is 437. The summed E-state index contributed by atoms with van der Waals surface area (Å²) in [6.07, 6.45) is 7.36. The van der Waals surface area contributed by atoms with E-state index in [1.807, 2.05) is 10.9 Å². The summed E-state index contributed by atoms with van der Waals surface area (Å²) in [5.41, 5.74) is 0.787. The molecule has 0 aliphatic carbocycles. The smallest absolute Gasteiger partial charge is 0.0827 e. The molecule has 1 N–H and O–H groups in total. The molecule has 0 bridgehead atoms. The molecule has 5 heteroatoms. The number of nitrogens with zero attached hydrogens (tertiary/aromatic N) is 3. The van der Waals surface area contributed by atoms with Crippen LogP contribution in [0.15, 0.2) is 6.20 Å². The van der Waals surface area contributed by atoms with Crippen LogP contribution < -0.4 is 0 Å². The van der Waals surface area contributed by atoms with Crippen LogP contribution in [0.3, 0.4) is 0 Å². The Balaban J connectivity index is 2.36. The Morgan fingerprint density at radius 3 is 2.62 bits per heavy atom. The van der Waals surface area contributed by atoms with Gasteiger partial charge in [-0.05, 0) is 33.1 Å². The Morgan fingerprint density at radius 1 is 1.29 bits per heavy atom. The van der Waals surface area contributed by atoms with Crippen LogP contribution in [0.4, 0.5) is 0 Å². The molecule has 5 nitrogen and oxygen atoms in total. The average molecular weight is 294 g/mol. The molecule has 0 saturated carbocycles. The van der Waals surface area contributed by atoms with Gasteiger partial charge < -0.3 is 10.1 Å². The summed E-state index contributed by atoms with van der Waals surface area (Å²) in [6, 6.07) is 0. The summed E-state index contributed by atoms with van der Waals surface area (Å²) in [5, 5.41) is 15.7. The zero-order valence-electron chi connectivity index (χ0n) is 14.1. The fourth-order valence-electron chi connectivity index (χ4n) is 1.94. The fourth-order valence-corrected chi connectivity index (χ4v) is 1.94. The summed E-state index contributed by atoms with van der Waals surface area (Å²) in [6.45, 7) is 12.0. The van der Waals surface area contributed by atoms with Crippen LogP contribution in [0.1, 0.15) is 59.6 Å². The lowest BCUT2D eigenvalue weighted by molar-refractivity contribution is -0.0331. The van der Waals surface area contributed by atoms with E-state index in [2.05, 4.69) is 44.9 Å². The number of aromatic nitrogens is 3. The van der Waals surface area contributed by atoms with E-state index in [4.69, 9.17) is 10.1 Å². The molecule has 0 spiro atoms. The molecule has 1 aromatic heterocycles. The minimum Gasteiger partial charge on any atom is -0.375 e. The number of hydrogen-bond acceptors (Lipinski definition) is 4. The third kappa shape index (κ3) is 6.85.